The van der Waals surface area contributed by atoms with E-state index in [-0.39, 0.29) is 45.0 Å². The Kier molecular flexibility index (Phi) is 10.2. The summed E-state index contributed by atoms with van der Waals surface area (Å²) in [6, 6.07) is 15.1. The summed E-state index contributed by atoms with van der Waals surface area (Å²) in [5.41, 5.74) is 6.71. The van der Waals surface area contributed by atoms with Crippen LogP contribution < -0.4 is 15.2 Å². The number of esters is 1. The van der Waals surface area contributed by atoms with Crippen LogP contribution in [0.4, 0.5) is 11.5 Å². The number of ether oxygens (including phenoxy) is 1. The fraction of sp³-hybridized carbons (Fsp3) is 0.417. The van der Waals surface area contributed by atoms with Crippen LogP contribution in [0, 0.1) is 16.7 Å². The van der Waals surface area contributed by atoms with Crippen LogP contribution in [0.15, 0.2) is 65.4 Å². The number of para-hydroxylation sites is 1. The van der Waals surface area contributed by atoms with Gasteiger partial charge in [0.05, 0.1) is 15.9 Å². The van der Waals surface area contributed by atoms with Crippen molar-refractivity contribution >= 4 is 66.8 Å². The van der Waals surface area contributed by atoms with Gasteiger partial charge in [-0.05, 0) is 82.3 Å². The predicted molar refractivity (Wildman–Crippen MR) is 198 cm³/mol. The molecule has 0 radical (unpaired) electrons. The third-order valence-electron chi connectivity index (χ3n) is 8.97. The molecule has 0 aliphatic heterocycles. The SMILES string of the molecule is CC(C)(C)C(C(C)(C)C)C1(OC(=O)c2c(-c3ccc(Cl)cc3)c(Br)n3cc(C(=O)NS(=O)(=O)Nc4ccccc4)c(N)nc23)CCCCC1. The van der Waals surface area contributed by atoms with Gasteiger partial charge in [0, 0.05) is 22.7 Å². The number of hydrogen-bond acceptors (Lipinski definition) is 7. The Bertz CT molecular complexity index is 1960. The molecule has 5 rings (SSSR count). The second kappa shape index (κ2) is 13.6. The van der Waals surface area contributed by atoms with Crippen molar-refractivity contribution < 1.29 is 22.7 Å². The molecule has 1 aliphatic rings. The number of aromatic nitrogens is 2. The first kappa shape index (κ1) is 36.7. The number of nitrogens with one attached hydrogen (secondary N) is 2. The van der Waals surface area contributed by atoms with Crippen LogP contribution >= 0.6 is 27.5 Å². The molecule has 262 valence electrons. The molecule has 13 heteroatoms. The van der Waals surface area contributed by atoms with Gasteiger partial charge >= 0.3 is 16.2 Å². The van der Waals surface area contributed by atoms with E-state index in [0.29, 0.717) is 20.8 Å². The van der Waals surface area contributed by atoms with E-state index in [2.05, 4.69) is 67.2 Å². The van der Waals surface area contributed by atoms with Gasteiger partial charge in [-0.15, -0.1) is 0 Å². The molecule has 1 amide bonds. The summed E-state index contributed by atoms with van der Waals surface area (Å²) in [4.78, 5) is 32.6. The van der Waals surface area contributed by atoms with Crippen molar-refractivity contribution in [1.82, 2.24) is 14.1 Å². The smallest absolute Gasteiger partial charge is 0.343 e. The molecule has 49 heavy (non-hydrogen) atoms. The maximum atomic E-state index is 14.7. The van der Waals surface area contributed by atoms with Gasteiger partial charge in [-0.2, -0.15) is 8.42 Å². The van der Waals surface area contributed by atoms with Gasteiger partial charge in [-0.1, -0.05) is 89.9 Å². The number of halogens is 2. The van der Waals surface area contributed by atoms with Crippen LogP contribution in [0.3, 0.4) is 0 Å². The number of amides is 1. The summed E-state index contributed by atoms with van der Waals surface area (Å²) in [5.74, 6) is -1.82. The Labute approximate surface area is 301 Å². The van der Waals surface area contributed by atoms with Crippen molar-refractivity contribution in [2.24, 2.45) is 16.7 Å². The van der Waals surface area contributed by atoms with Gasteiger partial charge < -0.3 is 10.5 Å². The van der Waals surface area contributed by atoms with Gasteiger partial charge in [0.15, 0.2) is 5.65 Å². The number of carbonyl (C=O) groups excluding carboxylic acids is 2. The fourth-order valence-corrected chi connectivity index (χ4v) is 9.65. The normalized spacial score (nSPS) is 15.3. The maximum absolute atomic E-state index is 14.7. The molecule has 0 bridgehead atoms. The number of fused-ring (bicyclic) bond motifs is 1. The lowest BCUT2D eigenvalue weighted by Crippen LogP contribution is -2.54. The Morgan fingerprint density at radius 2 is 1.57 bits per heavy atom. The quantitative estimate of drug-likeness (QED) is 0.152. The monoisotopic (exact) mass is 771 g/mol. The zero-order chi connectivity index (χ0) is 35.9. The molecule has 0 spiro atoms. The highest BCUT2D eigenvalue weighted by molar-refractivity contribution is 9.10. The topological polar surface area (TPSA) is 145 Å². The molecule has 4 N–H and O–H groups in total. The third-order valence-corrected chi connectivity index (χ3v) is 11.0. The summed E-state index contributed by atoms with van der Waals surface area (Å²) < 4.78 is 38.6. The lowest BCUT2D eigenvalue weighted by Gasteiger charge is -2.54. The Morgan fingerprint density at radius 3 is 2.14 bits per heavy atom. The molecule has 1 saturated carbocycles. The van der Waals surface area contributed by atoms with Gasteiger partial charge in [0.25, 0.3) is 5.91 Å². The highest BCUT2D eigenvalue weighted by Gasteiger charge is 2.53. The van der Waals surface area contributed by atoms with Crippen LogP contribution in [0.5, 0.6) is 0 Å². The number of hydrogen-bond donors (Lipinski definition) is 3. The molecule has 1 fully saturated rings. The molecule has 4 aromatic rings. The van der Waals surface area contributed by atoms with Crippen molar-refractivity contribution in [3.05, 3.63) is 81.5 Å². The van der Waals surface area contributed by atoms with Crippen LogP contribution in [0.1, 0.15) is 94.4 Å². The minimum absolute atomic E-state index is 0.0211. The minimum atomic E-state index is -4.32. The standard InChI is InChI=1S/C36H43BrClN5O5S/c1-34(2,3)33(35(4,5)6)36(19-11-8-12-20-36)48-32(45)27-26(22-15-17-23(38)18-16-22)28(37)43-21-25(29(39)40-30(27)43)31(44)42-49(46,47)41-24-13-9-7-10-14-24/h7,9-10,13-18,21,33,41H,8,11-12,19-20H2,1-6H3,(H2,39,40)(H,42,44). The number of nitrogens with zero attached hydrogens (tertiary/aromatic N) is 2. The number of nitrogen functional groups attached to an aromatic ring is 1. The Hall–Kier alpha value is -3.61. The van der Waals surface area contributed by atoms with Crippen molar-refractivity contribution in [2.75, 3.05) is 10.5 Å². The van der Waals surface area contributed by atoms with Crippen LogP contribution in [-0.2, 0) is 14.9 Å². The predicted octanol–water partition coefficient (Wildman–Crippen LogP) is 8.65. The highest BCUT2D eigenvalue weighted by atomic mass is 79.9. The number of benzene rings is 2. The number of nitrogens with two attached hydrogens (primary N) is 1. The van der Waals surface area contributed by atoms with Crippen molar-refractivity contribution in [3.63, 3.8) is 0 Å². The summed E-state index contributed by atoms with van der Waals surface area (Å²) in [6.07, 6.45) is 5.75. The molecule has 0 unspecified atom stereocenters. The molecular formula is C36H43BrClN5O5S. The first-order valence-electron chi connectivity index (χ1n) is 16.2. The largest absolute Gasteiger partial charge is 0.455 e. The zero-order valence-corrected chi connectivity index (χ0v) is 31.7. The first-order chi connectivity index (χ1) is 22.8. The maximum Gasteiger partial charge on any atom is 0.343 e. The van der Waals surface area contributed by atoms with E-state index in [9.17, 15) is 18.0 Å². The summed E-state index contributed by atoms with van der Waals surface area (Å²) in [5, 5.41) is 0.513. The number of rotatable bonds is 8. The van der Waals surface area contributed by atoms with E-state index >= 15 is 0 Å². The van der Waals surface area contributed by atoms with E-state index in [4.69, 9.17) is 22.1 Å². The molecule has 1 aliphatic carbocycles. The Balaban J connectivity index is 1.63. The van der Waals surface area contributed by atoms with Crippen LogP contribution in [-0.4, -0.2) is 35.3 Å². The van der Waals surface area contributed by atoms with E-state index in [0.717, 1.165) is 32.1 Å². The van der Waals surface area contributed by atoms with Crippen molar-refractivity contribution in [2.45, 2.75) is 79.2 Å². The Morgan fingerprint density at radius 1 is 0.980 bits per heavy atom. The number of anilines is 2. The summed E-state index contributed by atoms with van der Waals surface area (Å²) in [7, 11) is -4.32. The average molecular weight is 773 g/mol. The summed E-state index contributed by atoms with van der Waals surface area (Å²) in [6.45, 7) is 13.2. The zero-order valence-electron chi connectivity index (χ0n) is 28.6. The highest BCUT2D eigenvalue weighted by Crippen LogP contribution is 2.54. The minimum Gasteiger partial charge on any atom is -0.455 e. The van der Waals surface area contributed by atoms with E-state index < -0.39 is 27.7 Å². The number of carbonyl (C=O) groups is 2. The van der Waals surface area contributed by atoms with E-state index in [1.807, 2.05) is 4.72 Å². The lowest BCUT2D eigenvalue weighted by atomic mass is 9.56. The van der Waals surface area contributed by atoms with E-state index in [1.54, 1.807) is 54.6 Å². The molecule has 2 heterocycles. The lowest BCUT2D eigenvalue weighted by molar-refractivity contribution is -0.136. The molecule has 2 aromatic carbocycles. The molecule has 10 nitrogen and oxygen atoms in total. The van der Waals surface area contributed by atoms with Gasteiger partial charge in [0.1, 0.15) is 17.0 Å². The first-order valence-corrected chi connectivity index (χ1v) is 18.9. The molecule has 0 atom stereocenters. The van der Waals surface area contributed by atoms with Gasteiger partial charge in [-0.25, -0.2) is 14.5 Å². The van der Waals surface area contributed by atoms with Gasteiger partial charge in [0.2, 0.25) is 0 Å². The molecular weight excluding hydrogens is 730 g/mol. The molecule has 0 saturated heterocycles. The summed E-state index contributed by atoms with van der Waals surface area (Å²) >= 11 is 9.88. The van der Waals surface area contributed by atoms with Crippen molar-refractivity contribution in [1.29, 1.82) is 0 Å². The van der Waals surface area contributed by atoms with Crippen LogP contribution in [0.2, 0.25) is 5.02 Å². The van der Waals surface area contributed by atoms with Crippen molar-refractivity contribution in [3.8, 4) is 11.1 Å². The second-order valence-electron chi connectivity index (χ2n) is 14.9. The average Bonchev–Trinajstić information content (AvgIpc) is 3.26. The van der Waals surface area contributed by atoms with E-state index in [1.165, 1.54) is 10.6 Å². The fourth-order valence-electron chi connectivity index (χ4n) is 7.97. The van der Waals surface area contributed by atoms with Crippen LogP contribution in [0.25, 0.3) is 16.8 Å². The third kappa shape index (κ3) is 7.76. The molecule has 2 aromatic heterocycles. The van der Waals surface area contributed by atoms with Gasteiger partial charge in [-0.3, -0.25) is 13.9 Å². The second-order valence-corrected chi connectivity index (χ2v) is 17.5.